The molecule has 2 N–H and O–H groups in total. The predicted molar refractivity (Wildman–Crippen MR) is 59.7 cm³/mol. The molecule has 1 unspecified atom stereocenters. The molecule has 1 saturated heterocycles. The highest BCUT2D eigenvalue weighted by Crippen LogP contribution is 2.10. The van der Waals surface area contributed by atoms with Crippen LogP contribution in [0, 0.1) is 5.92 Å². The first-order chi connectivity index (χ1) is 7.33. The lowest BCUT2D eigenvalue weighted by Crippen LogP contribution is -2.30. The summed E-state index contributed by atoms with van der Waals surface area (Å²) in [6, 6.07) is 0. The summed E-state index contributed by atoms with van der Waals surface area (Å²) in [5, 5.41) is 6.15. The van der Waals surface area contributed by atoms with E-state index in [1.54, 1.807) is 0 Å². The molecule has 0 spiro atoms. The third-order valence-electron chi connectivity index (χ3n) is 2.56. The first-order valence-electron chi connectivity index (χ1n) is 5.88. The third kappa shape index (κ3) is 5.74. The van der Waals surface area contributed by atoms with Gasteiger partial charge in [-0.2, -0.15) is 0 Å². The van der Waals surface area contributed by atoms with E-state index in [2.05, 4.69) is 17.6 Å². The van der Waals surface area contributed by atoms with Crippen LogP contribution < -0.4 is 10.6 Å². The molecule has 0 bridgehead atoms. The van der Waals surface area contributed by atoms with Gasteiger partial charge in [0.2, 0.25) is 5.91 Å². The van der Waals surface area contributed by atoms with Crippen LogP contribution in [0.15, 0.2) is 0 Å². The van der Waals surface area contributed by atoms with Crippen LogP contribution in [0.4, 0.5) is 0 Å². The van der Waals surface area contributed by atoms with Crippen LogP contribution in [-0.4, -0.2) is 38.8 Å². The van der Waals surface area contributed by atoms with Gasteiger partial charge in [-0.25, -0.2) is 0 Å². The lowest BCUT2D eigenvalue weighted by atomic mass is 10.1. The van der Waals surface area contributed by atoms with Crippen molar-refractivity contribution in [1.29, 1.82) is 0 Å². The van der Waals surface area contributed by atoms with Crippen molar-refractivity contribution in [3.8, 4) is 0 Å². The zero-order valence-electron chi connectivity index (χ0n) is 9.55. The molecule has 0 saturated carbocycles. The van der Waals surface area contributed by atoms with Crippen LogP contribution in [0.5, 0.6) is 0 Å². The number of hydrogen-bond acceptors (Lipinski definition) is 3. The minimum absolute atomic E-state index is 0.145. The van der Waals surface area contributed by atoms with Crippen molar-refractivity contribution in [3.63, 3.8) is 0 Å². The monoisotopic (exact) mass is 214 g/mol. The lowest BCUT2D eigenvalue weighted by molar-refractivity contribution is -0.120. The Morgan fingerprint density at radius 3 is 3.00 bits per heavy atom. The average molecular weight is 214 g/mol. The molecule has 1 fully saturated rings. The average Bonchev–Trinajstić information content (AvgIpc) is 2.74. The van der Waals surface area contributed by atoms with Crippen molar-refractivity contribution in [2.75, 3.05) is 32.8 Å². The Morgan fingerprint density at radius 1 is 1.47 bits per heavy atom. The van der Waals surface area contributed by atoms with Crippen LogP contribution in [-0.2, 0) is 9.53 Å². The van der Waals surface area contributed by atoms with E-state index in [4.69, 9.17) is 4.74 Å². The topological polar surface area (TPSA) is 50.4 Å². The summed E-state index contributed by atoms with van der Waals surface area (Å²) in [5.41, 5.74) is 0. The number of hydrogen-bond donors (Lipinski definition) is 2. The Bertz CT molecular complexity index is 179. The third-order valence-corrected chi connectivity index (χ3v) is 2.56. The lowest BCUT2D eigenvalue weighted by Gasteiger charge is -2.09. The minimum Gasteiger partial charge on any atom is -0.381 e. The largest absolute Gasteiger partial charge is 0.381 e. The van der Waals surface area contributed by atoms with Crippen molar-refractivity contribution in [1.82, 2.24) is 10.6 Å². The van der Waals surface area contributed by atoms with Crippen molar-refractivity contribution in [2.45, 2.75) is 26.2 Å². The normalized spacial score (nSPS) is 20.5. The summed E-state index contributed by atoms with van der Waals surface area (Å²) >= 11 is 0. The van der Waals surface area contributed by atoms with E-state index >= 15 is 0 Å². The van der Waals surface area contributed by atoms with E-state index < -0.39 is 0 Å². The number of rotatable bonds is 7. The highest BCUT2D eigenvalue weighted by Gasteiger charge is 2.14. The molecule has 88 valence electrons. The second-order valence-electron chi connectivity index (χ2n) is 4.03. The molecule has 4 heteroatoms. The Balaban J connectivity index is 1.89. The zero-order valence-corrected chi connectivity index (χ0v) is 9.55. The molecule has 15 heavy (non-hydrogen) atoms. The van der Waals surface area contributed by atoms with Gasteiger partial charge in [0.25, 0.3) is 0 Å². The summed E-state index contributed by atoms with van der Waals surface area (Å²) < 4.78 is 5.27. The zero-order chi connectivity index (χ0) is 10.9. The SMILES string of the molecule is CCCNC(=O)CCNCC1CCOC1. The van der Waals surface area contributed by atoms with Gasteiger partial charge >= 0.3 is 0 Å². The van der Waals surface area contributed by atoms with Crippen molar-refractivity contribution in [2.24, 2.45) is 5.92 Å². The molecule has 1 amide bonds. The minimum atomic E-state index is 0.145. The van der Waals surface area contributed by atoms with E-state index in [0.29, 0.717) is 12.3 Å². The number of carbonyl (C=O) groups excluding carboxylic acids is 1. The standard InChI is InChI=1S/C11H22N2O2/c1-2-5-13-11(14)3-6-12-8-10-4-7-15-9-10/h10,12H,2-9H2,1H3,(H,13,14). The maximum Gasteiger partial charge on any atom is 0.221 e. The maximum atomic E-state index is 11.2. The molecule has 4 nitrogen and oxygen atoms in total. The van der Waals surface area contributed by atoms with Gasteiger partial charge in [-0.3, -0.25) is 4.79 Å². The molecular weight excluding hydrogens is 192 g/mol. The molecule has 0 aliphatic carbocycles. The van der Waals surface area contributed by atoms with Gasteiger partial charge in [-0.15, -0.1) is 0 Å². The van der Waals surface area contributed by atoms with Crippen molar-refractivity contribution in [3.05, 3.63) is 0 Å². The predicted octanol–water partition coefficient (Wildman–Crippen LogP) is 0.529. The number of carbonyl (C=O) groups is 1. The fraction of sp³-hybridized carbons (Fsp3) is 0.909. The molecule has 1 rings (SSSR count). The summed E-state index contributed by atoms with van der Waals surface area (Å²) in [6.07, 6.45) is 2.72. The van der Waals surface area contributed by atoms with E-state index in [0.717, 1.165) is 45.7 Å². The molecule has 1 aliphatic rings. The van der Waals surface area contributed by atoms with Gasteiger partial charge in [0.15, 0.2) is 0 Å². The van der Waals surface area contributed by atoms with Gasteiger partial charge in [-0.05, 0) is 18.8 Å². The second kappa shape index (κ2) is 7.65. The summed E-state index contributed by atoms with van der Waals surface area (Å²) in [7, 11) is 0. The highest BCUT2D eigenvalue weighted by atomic mass is 16.5. The Labute approximate surface area is 91.8 Å². The summed E-state index contributed by atoms with van der Waals surface area (Å²) in [4.78, 5) is 11.2. The van der Waals surface area contributed by atoms with Crippen LogP contribution in [0.1, 0.15) is 26.2 Å². The number of ether oxygens (including phenoxy) is 1. The van der Waals surface area contributed by atoms with Crippen LogP contribution in [0.2, 0.25) is 0 Å². The first kappa shape index (κ1) is 12.5. The highest BCUT2D eigenvalue weighted by molar-refractivity contribution is 5.75. The summed E-state index contributed by atoms with van der Waals surface area (Å²) in [6.45, 7) is 6.35. The van der Waals surface area contributed by atoms with E-state index in [1.165, 1.54) is 0 Å². The molecule has 0 aromatic carbocycles. The van der Waals surface area contributed by atoms with E-state index in [-0.39, 0.29) is 5.91 Å². The molecule has 1 heterocycles. The Hall–Kier alpha value is -0.610. The van der Waals surface area contributed by atoms with Gasteiger partial charge in [0.05, 0.1) is 6.61 Å². The number of amides is 1. The van der Waals surface area contributed by atoms with E-state index in [1.807, 2.05) is 0 Å². The molecule has 0 aromatic rings. The fourth-order valence-corrected chi connectivity index (χ4v) is 1.61. The Morgan fingerprint density at radius 2 is 2.33 bits per heavy atom. The molecule has 1 aliphatic heterocycles. The Kier molecular flexibility index (Phi) is 6.36. The second-order valence-corrected chi connectivity index (χ2v) is 4.03. The van der Waals surface area contributed by atoms with Gasteiger partial charge < -0.3 is 15.4 Å². The van der Waals surface area contributed by atoms with Crippen LogP contribution >= 0.6 is 0 Å². The first-order valence-corrected chi connectivity index (χ1v) is 5.88. The van der Waals surface area contributed by atoms with Gasteiger partial charge in [0, 0.05) is 32.7 Å². The van der Waals surface area contributed by atoms with Crippen molar-refractivity contribution < 1.29 is 9.53 Å². The molecule has 0 aromatic heterocycles. The fourth-order valence-electron chi connectivity index (χ4n) is 1.61. The van der Waals surface area contributed by atoms with Crippen molar-refractivity contribution >= 4 is 5.91 Å². The number of nitrogens with one attached hydrogen (secondary N) is 2. The van der Waals surface area contributed by atoms with Crippen LogP contribution in [0.25, 0.3) is 0 Å². The van der Waals surface area contributed by atoms with Gasteiger partial charge in [-0.1, -0.05) is 6.92 Å². The molecule has 1 atom stereocenters. The quantitative estimate of drug-likeness (QED) is 0.608. The molecular formula is C11H22N2O2. The van der Waals surface area contributed by atoms with Crippen LogP contribution in [0.3, 0.4) is 0 Å². The van der Waals surface area contributed by atoms with E-state index in [9.17, 15) is 4.79 Å². The molecule has 0 radical (unpaired) electrons. The maximum absolute atomic E-state index is 11.2. The van der Waals surface area contributed by atoms with Gasteiger partial charge in [0.1, 0.15) is 0 Å². The smallest absolute Gasteiger partial charge is 0.221 e. The summed E-state index contributed by atoms with van der Waals surface area (Å²) in [5.74, 6) is 0.788.